The van der Waals surface area contributed by atoms with Crippen molar-refractivity contribution in [1.29, 1.82) is 0 Å². The number of amides is 2. The third-order valence-corrected chi connectivity index (χ3v) is 3.31. The van der Waals surface area contributed by atoms with Gasteiger partial charge < -0.3 is 15.3 Å². The summed E-state index contributed by atoms with van der Waals surface area (Å²) >= 11 is 0. The van der Waals surface area contributed by atoms with Crippen molar-refractivity contribution in [2.75, 3.05) is 18.9 Å². The molecule has 0 aromatic heterocycles. The Morgan fingerprint density at radius 1 is 1.35 bits per heavy atom. The Labute approximate surface area is 132 Å². The number of benzene rings is 1. The summed E-state index contributed by atoms with van der Waals surface area (Å²) < 4.78 is 38.5. The third-order valence-electron chi connectivity index (χ3n) is 3.31. The summed E-state index contributed by atoms with van der Waals surface area (Å²) in [5, 5.41) is 11.4. The molecule has 8 heteroatoms. The number of hydrogen-bond acceptors (Lipinski definition) is 3. The molecule has 1 aromatic carbocycles. The van der Waals surface area contributed by atoms with Gasteiger partial charge in [-0.25, -0.2) is 0 Å². The zero-order valence-electron chi connectivity index (χ0n) is 13.1. The van der Waals surface area contributed by atoms with Gasteiger partial charge in [-0.1, -0.05) is 6.07 Å². The molecule has 0 aliphatic carbocycles. The second-order valence-electron chi connectivity index (χ2n) is 5.29. The second kappa shape index (κ2) is 7.45. The summed E-state index contributed by atoms with van der Waals surface area (Å²) in [4.78, 5) is 24.8. The average molecular weight is 332 g/mol. The predicted octanol–water partition coefficient (Wildman–Crippen LogP) is 2.18. The molecule has 0 bridgehead atoms. The molecular formula is C15H19F3N2O3. The Hall–Kier alpha value is -2.09. The highest BCUT2D eigenvalue weighted by Gasteiger charge is 2.33. The smallest absolute Gasteiger partial charge is 0.393 e. The van der Waals surface area contributed by atoms with Crippen LogP contribution in [-0.2, 0) is 15.8 Å². The number of anilines is 1. The highest BCUT2D eigenvalue weighted by Crippen LogP contribution is 2.34. The molecule has 0 saturated carbocycles. The molecule has 1 unspecified atom stereocenters. The molecule has 5 nitrogen and oxygen atoms in total. The van der Waals surface area contributed by atoms with Crippen LogP contribution in [0, 0.1) is 6.92 Å². The molecule has 1 aromatic rings. The van der Waals surface area contributed by atoms with Gasteiger partial charge in [0.25, 0.3) is 0 Å². The van der Waals surface area contributed by atoms with Gasteiger partial charge >= 0.3 is 18.0 Å². The number of halogens is 3. The maximum Gasteiger partial charge on any atom is 0.416 e. The van der Waals surface area contributed by atoms with Crippen LogP contribution in [0.5, 0.6) is 0 Å². The normalized spacial score (nSPS) is 12.7. The number of nitrogens with zero attached hydrogens (tertiary/aromatic N) is 1. The zero-order chi connectivity index (χ0) is 17.8. The Morgan fingerprint density at radius 3 is 2.48 bits per heavy atom. The lowest BCUT2D eigenvalue weighted by Crippen LogP contribution is -2.38. The first-order valence-corrected chi connectivity index (χ1v) is 6.95. The summed E-state index contributed by atoms with van der Waals surface area (Å²) in [7, 11) is 1.38. The van der Waals surface area contributed by atoms with Crippen LogP contribution in [-0.4, -0.2) is 41.5 Å². The lowest BCUT2D eigenvalue weighted by Gasteiger charge is -2.18. The Balaban J connectivity index is 2.84. The highest BCUT2D eigenvalue weighted by molar-refractivity contribution is 6.39. The molecule has 0 heterocycles. The molecule has 0 aliphatic heterocycles. The van der Waals surface area contributed by atoms with Gasteiger partial charge in [-0.3, -0.25) is 9.59 Å². The number of nitrogens with one attached hydrogen (secondary N) is 1. The van der Waals surface area contributed by atoms with Crippen molar-refractivity contribution in [2.24, 2.45) is 0 Å². The number of rotatable bonds is 4. The fourth-order valence-corrected chi connectivity index (χ4v) is 1.91. The largest absolute Gasteiger partial charge is 0.416 e. The average Bonchev–Trinajstić information content (AvgIpc) is 2.44. The van der Waals surface area contributed by atoms with Crippen LogP contribution in [0.3, 0.4) is 0 Å². The van der Waals surface area contributed by atoms with Crippen molar-refractivity contribution in [2.45, 2.75) is 32.5 Å². The topological polar surface area (TPSA) is 69.6 Å². The van der Waals surface area contributed by atoms with Crippen LogP contribution < -0.4 is 5.32 Å². The van der Waals surface area contributed by atoms with Crippen LogP contribution in [0.2, 0.25) is 0 Å². The first-order valence-electron chi connectivity index (χ1n) is 6.95. The van der Waals surface area contributed by atoms with E-state index in [2.05, 4.69) is 5.32 Å². The van der Waals surface area contributed by atoms with E-state index in [1.165, 1.54) is 20.0 Å². The lowest BCUT2D eigenvalue weighted by molar-refractivity contribution is -0.142. The third kappa shape index (κ3) is 5.24. The standard InChI is InChI=1S/C15H19F3N2O3/c1-9(21)7-8-20(3)14(23)13(22)19-12-6-4-5-11(10(12)2)15(16,17)18/h4-6,9,21H,7-8H2,1-3H3,(H,19,22). The molecule has 128 valence electrons. The van der Waals surface area contributed by atoms with Gasteiger partial charge in [-0.05, 0) is 38.0 Å². The van der Waals surface area contributed by atoms with Gasteiger partial charge in [-0.2, -0.15) is 13.2 Å². The van der Waals surface area contributed by atoms with Crippen LogP contribution in [0.15, 0.2) is 18.2 Å². The molecule has 0 fully saturated rings. The van der Waals surface area contributed by atoms with E-state index >= 15 is 0 Å². The SMILES string of the molecule is Cc1c(NC(=O)C(=O)N(C)CCC(C)O)cccc1C(F)(F)F. The van der Waals surface area contributed by atoms with Gasteiger partial charge in [0.1, 0.15) is 0 Å². The molecule has 2 N–H and O–H groups in total. The minimum absolute atomic E-state index is 0.0675. The lowest BCUT2D eigenvalue weighted by atomic mass is 10.1. The number of aliphatic hydroxyl groups is 1. The van der Waals surface area contributed by atoms with E-state index in [9.17, 15) is 22.8 Å². The minimum Gasteiger partial charge on any atom is -0.393 e. The maximum absolute atomic E-state index is 12.8. The molecule has 0 radical (unpaired) electrons. The van der Waals surface area contributed by atoms with E-state index in [0.717, 1.165) is 17.0 Å². The molecule has 0 aliphatic rings. The van der Waals surface area contributed by atoms with Crippen LogP contribution in [0.25, 0.3) is 0 Å². The number of hydrogen-bond donors (Lipinski definition) is 2. The molecule has 1 rings (SSSR count). The Bertz CT molecular complexity index is 586. The van der Waals surface area contributed by atoms with Gasteiger partial charge in [0.2, 0.25) is 0 Å². The Morgan fingerprint density at radius 2 is 1.96 bits per heavy atom. The maximum atomic E-state index is 12.8. The van der Waals surface area contributed by atoms with Crippen LogP contribution in [0.4, 0.5) is 18.9 Å². The fraction of sp³-hybridized carbons (Fsp3) is 0.467. The first-order chi connectivity index (χ1) is 10.5. The fourth-order valence-electron chi connectivity index (χ4n) is 1.91. The molecule has 23 heavy (non-hydrogen) atoms. The van der Waals surface area contributed by atoms with Gasteiger partial charge in [0.15, 0.2) is 0 Å². The van der Waals surface area contributed by atoms with E-state index in [0.29, 0.717) is 0 Å². The first kappa shape index (κ1) is 19.0. The zero-order valence-corrected chi connectivity index (χ0v) is 13.1. The van der Waals surface area contributed by atoms with Crippen molar-refractivity contribution >= 4 is 17.5 Å². The van der Waals surface area contributed by atoms with E-state index in [1.54, 1.807) is 6.92 Å². The Kier molecular flexibility index (Phi) is 6.14. The predicted molar refractivity (Wildman–Crippen MR) is 78.7 cm³/mol. The molecule has 2 amide bonds. The molecule has 0 saturated heterocycles. The van der Waals surface area contributed by atoms with Crippen molar-refractivity contribution in [3.63, 3.8) is 0 Å². The van der Waals surface area contributed by atoms with Crippen molar-refractivity contribution in [3.8, 4) is 0 Å². The quantitative estimate of drug-likeness (QED) is 0.831. The summed E-state index contributed by atoms with van der Waals surface area (Å²) in [5.41, 5.74) is -1.10. The summed E-state index contributed by atoms with van der Waals surface area (Å²) in [6, 6.07) is 3.36. The van der Waals surface area contributed by atoms with E-state index in [4.69, 9.17) is 5.11 Å². The van der Waals surface area contributed by atoms with Gasteiger partial charge in [-0.15, -0.1) is 0 Å². The van der Waals surface area contributed by atoms with Crippen molar-refractivity contribution < 1.29 is 27.9 Å². The second-order valence-corrected chi connectivity index (χ2v) is 5.29. The highest BCUT2D eigenvalue weighted by atomic mass is 19.4. The summed E-state index contributed by atoms with van der Waals surface area (Å²) in [5.74, 6) is -1.91. The summed E-state index contributed by atoms with van der Waals surface area (Å²) in [6.07, 6.45) is -4.87. The number of carbonyl (C=O) groups excluding carboxylic acids is 2. The van der Waals surface area contributed by atoms with E-state index in [-0.39, 0.29) is 24.2 Å². The van der Waals surface area contributed by atoms with Crippen LogP contribution in [0.1, 0.15) is 24.5 Å². The number of likely N-dealkylation sites (N-methyl/N-ethyl adjacent to an activating group) is 1. The number of carbonyl (C=O) groups is 2. The number of aliphatic hydroxyl groups excluding tert-OH is 1. The molecule has 1 atom stereocenters. The van der Waals surface area contributed by atoms with Crippen molar-refractivity contribution in [3.05, 3.63) is 29.3 Å². The minimum atomic E-state index is -4.54. The van der Waals surface area contributed by atoms with E-state index in [1.807, 2.05) is 0 Å². The van der Waals surface area contributed by atoms with Crippen molar-refractivity contribution in [1.82, 2.24) is 4.90 Å². The monoisotopic (exact) mass is 332 g/mol. The van der Waals surface area contributed by atoms with Crippen LogP contribution >= 0.6 is 0 Å². The number of alkyl halides is 3. The molecular weight excluding hydrogens is 313 g/mol. The van der Waals surface area contributed by atoms with Gasteiger partial charge in [0.05, 0.1) is 11.7 Å². The van der Waals surface area contributed by atoms with Gasteiger partial charge in [0, 0.05) is 19.3 Å². The van der Waals surface area contributed by atoms with E-state index < -0.39 is 29.7 Å². The molecule has 0 spiro atoms. The summed E-state index contributed by atoms with van der Waals surface area (Å²) in [6.45, 7) is 2.93.